The van der Waals surface area contributed by atoms with Gasteiger partial charge in [0.05, 0.1) is 5.56 Å². The van der Waals surface area contributed by atoms with Crippen LogP contribution >= 0.6 is 0 Å². The van der Waals surface area contributed by atoms with Gasteiger partial charge in [-0.25, -0.2) is 4.39 Å². The second kappa shape index (κ2) is 6.31. The Balaban J connectivity index is 2.17. The van der Waals surface area contributed by atoms with Crippen molar-refractivity contribution < 1.29 is 8.91 Å². The van der Waals surface area contributed by atoms with Crippen LogP contribution in [-0.4, -0.2) is 20.9 Å². The number of anilines is 1. The van der Waals surface area contributed by atoms with Crippen LogP contribution in [0.3, 0.4) is 0 Å². The molecule has 128 valence electrons. The molecule has 0 aliphatic heterocycles. The topological polar surface area (TPSA) is 111 Å². The highest BCUT2D eigenvalue weighted by Crippen LogP contribution is 2.26. The number of nitrogens with two attached hydrogens (primary N) is 1. The van der Waals surface area contributed by atoms with Gasteiger partial charge in [-0.2, -0.15) is 4.98 Å². The fraction of sp³-hybridized carbons (Fsp3) is 0.176. The lowest BCUT2D eigenvalue weighted by Gasteiger charge is -2.13. The lowest BCUT2D eigenvalue weighted by atomic mass is 10.0. The fourth-order valence-electron chi connectivity index (χ4n) is 2.61. The van der Waals surface area contributed by atoms with Gasteiger partial charge in [-0.05, 0) is 19.1 Å². The number of hydrogen-bond donors (Lipinski definition) is 2. The number of hydrogen-bond acceptors (Lipinski definition) is 6. The average Bonchev–Trinajstić information content (AvgIpc) is 3.02. The molecule has 0 spiro atoms. The molecule has 7 nitrogen and oxygen atoms in total. The summed E-state index contributed by atoms with van der Waals surface area (Å²) in [4.78, 5) is 16.7. The zero-order valence-electron chi connectivity index (χ0n) is 13.7. The van der Waals surface area contributed by atoms with E-state index < -0.39 is 11.4 Å². The van der Waals surface area contributed by atoms with Crippen LogP contribution in [0.2, 0.25) is 0 Å². The molecule has 0 fully saturated rings. The van der Waals surface area contributed by atoms with Gasteiger partial charge in [-0.1, -0.05) is 17.3 Å². The van der Waals surface area contributed by atoms with E-state index in [1.807, 2.05) is 0 Å². The van der Waals surface area contributed by atoms with Gasteiger partial charge in [0.15, 0.2) is 0 Å². The maximum atomic E-state index is 14.7. The van der Waals surface area contributed by atoms with Crippen molar-refractivity contribution in [3.05, 3.63) is 51.9 Å². The first-order valence-electron chi connectivity index (χ1n) is 7.60. The van der Waals surface area contributed by atoms with E-state index in [0.29, 0.717) is 23.6 Å². The van der Waals surface area contributed by atoms with Gasteiger partial charge in [0.2, 0.25) is 11.7 Å². The van der Waals surface area contributed by atoms with Gasteiger partial charge >= 0.3 is 0 Å². The fourth-order valence-corrected chi connectivity index (χ4v) is 2.61. The molecule has 0 amide bonds. The number of pyridine rings is 1. The lowest BCUT2D eigenvalue weighted by Crippen LogP contribution is -2.25. The summed E-state index contributed by atoms with van der Waals surface area (Å²) in [5.74, 6) is 0.233. The van der Waals surface area contributed by atoms with Gasteiger partial charge in [-0.15, -0.1) is 0 Å². The third-order valence-corrected chi connectivity index (χ3v) is 3.88. The van der Waals surface area contributed by atoms with Crippen molar-refractivity contribution in [1.29, 1.82) is 5.41 Å². The van der Waals surface area contributed by atoms with E-state index >= 15 is 0 Å². The summed E-state index contributed by atoms with van der Waals surface area (Å²) in [6, 6.07) is 5.76. The molecule has 0 unspecified atom stereocenters. The van der Waals surface area contributed by atoms with E-state index in [2.05, 4.69) is 10.1 Å². The summed E-state index contributed by atoms with van der Waals surface area (Å²) in [5, 5.41) is 11.2. The number of nitrogens with zero attached hydrogens (tertiary/aromatic N) is 3. The van der Waals surface area contributed by atoms with E-state index in [1.165, 1.54) is 22.8 Å². The van der Waals surface area contributed by atoms with Crippen LogP contribution in [0.4, 0.5) is 10.2 Å². The molecule has 3 aromatic rings. The SMILES string of the molecule is CCn1c(N)c(C=N)cc(-c2ccc(-c3noc(C)n3)cc2F)c1=O. The molecule has 2 aromatic heterocycles. The molecule has 3 rings (SSSR count). The highest BCUT2D eigenvalue weighted by atomic mass is 19.1. The smallest absolute Gasteiger partial charge is 0.260 e. The van der Waals surface area contributed by atoms with Crippen LogP contribution in [0.15, 0.2) is 33.6 Å². The number of aryl methyl sites for hydroxylation is 1. The van der Waals surface area contributed by atoms with Crippen molar-refractivity contribution in [3.63, 3.8) is 0 Å². The Morgan fingerprint density at radius 1 is 1.36 bits per heavy atom. The molecule has 0 aliphatic rings. The summed E-state index contributed by atoms with van der Waals surface area (Å²) in [6.07, 6.45) is 1.04. The molecule has 1 aromatic carbocycles. The van der Waals surface area contributed by atoms with Crippen molar-refractivity contribution in [2.24, 2.45) is 0 Å². The van der Waals surface area contributed by atoms with Gasteiger partial charge < -0.3 is 15.7 Å². The quantitative estimate of drug-likeness (QED) is 0.709. The van der Waals surface area contributed by atoms with Gasteiger partial charge in [0, 0.05) is 36.4 Å². The molecule has 0 aliphatic carbocycles. The van der Waals surface area contributed by atoms with Gasteiger partial charge in [0.25, 0.3) is 5.56 Å². The Hall–Kier alpha value is -3.29. The van der Waals surface area contributed by atoms with Crippen LogP contribution in [-0.2, 0) is 6.54 Å². The van der Waals surface area contributed by atoms with Crippen LogP contribution in [0.5, 0.6) is 0 Å². The van der Waals surface area contributed by atoms with Crippen LogP contribution in [0, 0.1) is 18.2 Å². The Bertz CT molecular complexity index is 1020. The number of nitrogens with one attached hydrogen (secondary N) is 1. The Morgan fingerprint density at radius 2 is 2.12 bits per heavy atom. The third kappa shape index (κ3) is 2.82. The monoisotopic (exact) mass is 341 g/mol. The summed E-state index contributed by atoms with van der Waals surface area (Å²) in [6.45, 7) is 3.72. The van der Waals surface area contributed by atoms with Crippen molar-refractivity contribution in [1.82, 2.24) is 14.7 Å². The largest absolute Gasteiger partial charge is 0.384 e. The first-order chi connectivity index (χ1) is 12.0. The molecule has 2 heterocycles. The van der Waals surface area contributed by atoms with Gasteiger partial charge in [-0.3, -0.25) is 9.36 Å². The second-order valence-electron chi connectivity index (χ2n) is 5.42. The molecular weight excluding hydrogens is 325 g/mol. The Labute approximate surface area is 142 Å². The summed E-state index contributed by atoms with van der Waals surface area (Å²) in [7, 11) is 0. The van der Waals surface area contributed by atoms with E-state index in [9.17, 15) is 9.18 Å². The van der Waals surface area contributed by atoms with Crippen molar-refractivity contribution >= 4 is 12.0 Å². The third-order valence-electron chi connectivity index (χ3n) is 3.88. The summed E-state index contributed by atoms with van der Waals surface area (Å²) >= 11 is 0. The first kappa shape index (κ1) is 16.6. The van der Waals surface area contributed by atoms with Gasteiger partial charge in [0.1, 0.15) is 11.6 Å². The van der Waals surface area contributed by atoms with E-state index in [4.69, 9.17) is 15.7 Å². The number of rotatable bonds is 4. The maximum Gasteiger partial charge on any atom is 0.260 e. The summed E-state index contributed by atoms with van der Waals surface area (Å²) in [5.41, 5.74) is 6.54. The maximum absolute atomic E-state index is 14.7. The van der Waals surface area contributed by atoms with E-state index in [1.54, 1.807) is 19.9 Å². The predicted octanol–water partition coefficient (Wildman–Crippen LogP) is 2.61. The molecular formula is C17H16FN5O2. The molecule has 25 heavy (non-hydrogen) atoms. The van der Waals surface area contributed by atoms with Crippen molar-refractivity contribution in [2.45, 2.75) is 20.4 Å². The summed E-state index contributed by atoms with van der Waals surface area (Å²) < 4.78 is 20.9. The molecule has 0 atom stereocenters. The molecule has 0 saturated heterocycles. The number of aromatic nitrogens is 3. The van der Waals surface area contributed by atoms with Crippen molar-refractivity contribution in [3.8, 4) is 22.5 Å². The van der Waals surface area contributed by atoms with E-state index in [0.717, 1.165) is 6.21 Å². The predicted molar refractivity (Wildman–Crippen MR) is 92.1 cm³/mol. The van der Waals surface area contributed by atoms with Crippen LogP contribution in [0.1, 0.15) is 18.4 Å². The minimum Gasteiger partial charge on any atom is -0.384 e. The Kier molecular flexibility index (Phi) is 4.18. The molecule has 0 bridgehead atoms. The number of halogens is 1. The zero-order chi connectivity index (χ0) is 18.1. The molecule has 0 saturated carbocycles. The number of benzene rings is 1. The minimum absolute atomic E-state index is 0.124. The highest BCUT2D eigenvalue weighted by molar-refractivity contribution is 5.86. The van der Waals surface area contributed by atoms with E-state index in [-0.39, 0.29) is 22.8 Å². The second-order valence-corrected chi connectivity index (χ2v) is 5.42. The average molecular weight is 341 g/mol. The van der Waals surface area contributed by atoms with Crippen molar-refractivity contribution in [2.75, 3.05) is 5.73 Å². The van der Waals surface area contributed by atoms with Crippen LogP contribution < -0.4 is 11.3 Å². The molecule has 8 heteroatoms. The first-order valence-corrected chi connectivity index (χ1v) is 7.60. The molecule has 3 N–H and O–H groups in total. The van der Waals surface area contributed by atoms with Crippen LogP contribution in [0.25, 0.3) is 22.5 Å². The lowest BCUT2D eigenvalue weighted by molar-refractivity contribution is 0.394. The Morgan fingerprint density at radius 3 is 2.68 bits per heavy atom. The number of nitrogen functional groups attached to an aromatic ring is 1. The molecule has 0 radical (unpaired) electrons. The standard InChI is InChI=1S/C17H16FN5O2/c1-3-23-15(20)11(8-19)6-13(17(23)24)12-5-4-10(7-14(12)18)16-21-9(2)25-22-16/h4-8,19H,3,20H2,1-2H3. The zero-order valence-corrected chi connectivity index (χ0v) is 13.7. The highest BCUT2D eigenvalue weighted by Gasteiger charge is 2.17. The normalized spacial score (nSPS) is 10.8. The minimum atomic E-state index is -0.597.